The summed E-state index contributed by atoms with van der Waals surface area (Å²) in [5, 5.41) is 31.7. The van der Waals surface area contributed by atoms with Crippen LogP contribution >= 0.6 is 0 Å². The van der Waals surface area contributed by atoms with Crippen molar-refractivity contribution in [3.63, 3.8) is 0 Å². The number of nitrogens with zero attached hydrogens (tertiary/aromatic N) is 4. The van der Waals surface area contributed by atoms with Crippen molar-refractivity contribution >= 4 is 16.9 Å². The molecule has 1 amide bonds. The zero-order valence-corrected chi connectivity index (χ0v) is 21.2. The molecule has 4 atom stereocenters. The van der Waals surface area contributed by atoms with Crippen molar-refractivity contribution in [2.24, 2.45) is 11.8 Å². The zero-order chi connectivity index (χ0) is 26.4. The summed E-state index contributed by atoms with van der Waals surface area (Å²) in [7, 11) is 3.46. The van der Waals surface area contributed by atoms with Gasteiger partial charge in [-0.25, -0.2) is 9.37 Å². The van der Waals surface area contributed by atoms with E-state index in [4.69, 9.17) is 0 Å². The third-order valence-corrected chi connectivity index (χ3v) is 7.58. The first-order chi connectivity index (χ1) is 17.0. The standard InChI is InChI=1S/C27H32FN5O3/c1-15-8-18(20-6-7-30-25-23(20)19(10-29)11-31-25)9-21(28)24(15)27(36)16(2)12-33(13-17(27)3)26(35)22(14-34)32(4)5/h6-9,11,16-17,22,34,36H,12-14H2,1-5H3,(H,30,31)/t16-,17+,22?,27?. The number of amides is 1. The number of piperidine rings is 1. The molecule has 36 heavy (non-hydrogen) atoms. The van der Waals surface area contributed by atoms with Gasteiger partial charge in [0, 0.05) is 48.3 Å². The average molecular weight is 494 g/mol. The largest absolute Gasteiger partial charge is 0.394 e. The van der Waals surface area contributed by atoms with Crippen molar-refractivity contribution in [3.8, 4) is 17.2 Å². The van der Waals surface area contributed by atoms with Crippen LogP contribution in [0, 0.1) is 35.9 Å². The van der Waals surface area contributed by atoms with Crippen LogP contribution in [0.3, 0.4) is 0 Å². The Hall–Kier alpha value is -3.32. The van der Waals surface area contributed by atoms with Crippen molar-refractivity contribution in [1.29, 1.82) is 5.26 Å². The van der Waals surface area contributed by atoms with Crippen LogP contribution in [0.15, 0.2) is 30.6 Å². The topological polar surface area (TPSA) is 116 Å². The van der Waals surface area contributed by atoms with Gasteiger partial charge in [0.1, 0.15) is 29.2 Å². The van der Waals surface area contributed by atoms with Gasteiger partial charge in [0.2, 0.25) is 5.91 Å². The second kappa shape index (κ2) is 9.62. The van der Waals surface area contributed by atoms with Gasteiger partial charge in [-0.3, -0.25) is 9.69 Å². The molecule has 1 saturated heterocycles. The molecule has 1 aliphatic rings. The van der Waals surface area contributed by atoms with Gasteiger partial charge >= 0.3 is 0 Å². The van der Waals surface area contributed by atoms with Gasteiger partial charge in [-0.2, -0.15) is 5.26 Å². The van der Waals surface area contributed by atoms with Crippen molar-refractivity contribution in [2.45, 2.75) is 32.4 Å². The lowest BCUT2D eigenvalue weighted by Crippen LogP contribution is -2.59. The number of likely N-dealkylation sites (N-methyl/N-ethyl adjacent to an activating group) is 1. The molecule has 0 saturated carbocycles. The Labute approximate surface area is 210 Å². The molecule has 1 fully saturated rings. The van der Waals surface area contributed by atoms with Gasteiger partial charge < -0.3 is 20.1 Å². The number of fused-ring (bicyclic) bond motifs is 1. The Morgan fingerprint density at radius 2 is 2.03 bits per heavy atom. The molecule has 8 nitrogen and oxygen atoms in total. The lowest BCUT2D eigenvalue weighted by Gasteiger charge is -2.49. The molecule has 0 spiro atoms. The predicted octanol–water partition coefficient (Wildman–Crippen LogP) is 2.77. The molecule has 3 N–H and O–H groups in total. The van der Waals surface area contributed by atoms with Crippen LogP contribution in [0.4, 0.5) is 4.39 Å². The number of hydrogen-bond acceptors (Lipinski definition) is 6. The molecule has 0 bridgehead atoms. The molecule has 4 rings (SSSR count). The quantitative estimate of drug-likeness (QED) is 0.503. The molecule has 9 heteroatoms. The lowest BCUT2D eigenvalue weighted by molar-refractivity contribution is -0.154. The van der Waals surface area contributed by atoms with Crippen molar-refractivity contribution in [2.75, 3.05) is 33.8 Å². The molecule has 2 unspecified atom stereocenters. The Morgan fingerprint density at radius 3 is 2.58 bits per heavy atom. The van der Waals surface area contributed by atoms with E-state index in [1.165, 1.54) is 6.07 Å². The van der Waals surface area contributed by atoms with Crippen LogP contribution in [0.1, 0.15) is 30.5 Å². The van der Waals surface area contributed by atoms with Gasteiger partial charge in [-0.05, 0) is 49.8 Å². The van der Waals surface area contributed by atoms with Gasteiger partial charge in [0.05, 0.1) is 12.2 Å². The first kappa shape index (κ1) is 25.8. The van der Waals surface area contributed by atoms with Crippen molar-refractivity contribution < 1.29 is 19.4 Å². The number of hydrogen-bond donors (Lipinski definition) is 3. The first-order valence-electron chi connectivity index (χ1n) is 12.0. The zero-order valence-electron chi connectivity index (χ0n) is 21.2. The third-order valence-electron chi connectivity index (χ3n) is 7.58. The highest BCUT2D eigenvalue weighted by atomic mass is 19.1. The molecule has 3 heterocycles. The molecule has 3 aromatic rings. The number of nitrogens with one attached hydrogen (secondary N) is 1. The molecule has 0 aliphatic carbocycles. The molecule has 1 aromatic carbocycles. The van der Waals surface area contributed by atoms with Crippen molar-refractivity contribution in [1.82, 2.24) is 19.8 Å². The number of carbonyl (C=O) groups excluding carboxylic acids is 1. The smallest absolute Gasteiger partial charge is 0.242 e. The Morgan fingerprint density at radius 1 is 1.36 bits per heavy atom. The van der Waals surface area contributed by atoms with E-state index < -0.39 is 29.3 Å². The number of pyridine rings is 1. The predicted molar refractivity (Wildman–Crippen MR) is 134 cm³/mol. The number of aryl methyl sites for hydroxylation is 1. The van der Waals surface area contributed by atoms with E-state index in [9.17, 15) is 20.3 Å². The first-order valence-corrected chi connectivity index (χ1v) is 12.0. The van der Waals surface area contributed by atoms with Crippen LogP contribution in [0.25, 0.3) is 22.2 Å². The minimum atomic E-state index is -1.49. The van der Waals surface area contributed by atoms with E-state index in [2.05, 4.69) is 16.0 Å². The highest BCUT2D eigenvalue weighted by Gasteiger charge is 2.49. The average Bonchev–Trinajstić information content (AvgIpc) is 3.25. The number of carbonyl (C=O) groups is 1. The fourth-order valence-electron chi connectivity index (χ4n) is 5.64. The Balaban J connectivity index is 1.72. The summed E-state index contributed by atoms with van der Waals surface area (Å²) in [5.74, 6) is -1.65. The highest BCUT2D eigenvalue weighted by molar-refractivity contribution is 5.97. The van der Waals surface area contributed by atoms with E-state index in [0.717, 1.165) is 0 Å². The molecular weight excluding hydrogens is 461 g/mol. The number of nitriles is 1. The van der Waals surface area contributed by atoms with Crippen LogP contribution in [0.5, 0.6) is 0 Å². The fourth-order valence-corrected chi connectivity index (χ4v) is 5.64. The number of aromatic amines is 1. The summed E-state index contributed by atoms with van der Waals surface area (Å²) in [5.41, 5.74) is 1.56. The van der Waals surface area contributed by atoms with Gasteiger partial charge in [0.25, 0.3) is 0 Å². The third kappa shape index (κ3) is 4.05. The number of aromatic nitrogens is 2. The second-order valence-corrected chi connectivity index (χ2v) is 10.1. The summed E-state index contributed by atoms with van der Waals surface area (Å²) in [6.45, 7) is 5.58. The van der Waals surface area contributed by atoms with Gasteiger partial charge in [-0.1, -0.05) is 19.9 Å². The summed E-state index contributed by atoms with van der Waals surface area (Å²) < 4.78 is 15.9. The number of likely N-dealkylation sites (tertiary alicyclic amines) is 1. The Kier molecular flexibility index (Phi) is 6.88. The van der Waals surface area contributed by atoms with Gasteiger partial charge in [-0.15, -0.1) is 0 Å². The van der Waals surface area contributed by atoms with E-state index >= 15 is 4.39 Å². The summed E-state index contributed by atoms with van der Waals surface area (Å²) in [6, 6.07) is 6.44. The Bertz CT molecular complexity index is 1310. The maximum absolute atomic E-state index is 15.9. The van der Waals surface area contributed by atoms with Crippen molar-refractivity contribution in [3.05, 3.63) is 53.1 Å². The molecule has 2 aromatic heterocycles. The van der Waals surface area contributed by atoms with Crippen LogP contribution < -0.4 is 0 Å². The molecule has 190 valence electrons. The summed E-state index contributed by atoms with van der Waals surface area (Å²) >= 11 is 0. The van der Waals surface area contributed by atoms with Gasteiger partial charge in [0.15, 0.2) is 0 Å². The number of rotatable bonds is 5. The summed E-state index contributed by atoms with van der Waals surface area (Å²) in [4.78, 5) is 23.6. The number of aliphatic hydroxyl groups excluding tert-OH is 1. The van der Waals surface area contributed by atoms with E-state index in [0.29, 0.717) is 33.3 Å². The maximum atomic E-state index is 15.9. The van der Waals surface area contributed by atoms with Crippen LogP contribution in [-0.4, -0.2) is 75.7 Å². The SMILES string of the molecule is Cc1cc(-c2ccnc3[nH]cc(C#N)c23)cc(F)c1C1(O)[C@H](C)CN(C(=O)C(CO)N(C)C)C[C@@H]1C. The number of aliphatic hydroxyl groups is 2. The monoisotopic (exact) mass is 493 g/mol. The van der Waals surface area contributed by atoms with Crippen LogP contribution in [0.2, 0.25) is 0 Å². The van der Waals surface area contributed by atoms with E-state index in [1.54, 1.807) is 49.3 Å². The molecular formula is C27H32FN5O3. The maximum Gasteiger partial charge on any atom is 0.242 e. The molecule has 0 radical (unpaired) electrons. The molecule has 1 aliphatic heterocycles. The second-order valence-electron chi connectivity index (χ2n) is 10.1. The minimum absolute atomic E-state index is 0.211. The normalized spacial score (nSPS) is 23.2. The number of halogens is 1. The number of H-pyrrole nitrogens is 1. The fraction of sp³-hybridized carbons (Fsp3) is 0.444. The lowest BCUT2D eigenvalue weighted by atomic mass is 9.69. The highest BCUT2D eigenvalue weighted by Crippen LogP contribution is 2.45. The summed E-state index contributed by atoms with van der Waals surface area (Å²) in [6.07, 6.45) is 3.19. The number of benzene rings is 1. The van der Waals surface area contributed by atoms with E-state index in [1.807, 2.05) is 19.9 Å². The minimum Gasteiger partial charge on any atom is -0.394 e. The van der Waals surface area contributed by atoms with Crippen LogP contribution in [-0.2, 0) is 10.4 Å². The van der Waals surface area contributed by atoms with E-state index in [-0.39, 0.29) is 31.2 Å².